The van der Waals surface area contributed by atoms with E-state index in [-0.39, 0.29) is 18.0 Å². The number of hydrogen-bond acceptors (Lipinski definition) is 3. The molecule has 1 aliphatic carbocycles. The summed E-state index contributed by atoms with van der Waals surface area (Å²) in [5.74, 6) is 0.352. The van der Waals surface area contributed by atoms with E-state index in [9.17, 15) is 9.90 Å². The van der Waals surface area contributed by atoms with Gasteiger partial charge in [-0.3, -0.25) is 4.79 Å². The molecule has 13 heavy (non-hydrogen) atoms. The lowest BCUT2D eigenvalue weighted by atomic mass is 9.80. The Bertz CT molecular complexity index is 169. The Morgan fingerprint density at radius 1 is 1.38 bits per heavy atom. The van der Waals surface area contributed by atoms with Crippen molar-refractivity contribution in [3.63, 3.8) is 0 Å². The van der Waals surface area contributed by atoms with Crippen LogP contribution in [0.15, 0.2) is 0 Å². The largest absolute Gasteiger partial charge is 0.469 e. The summed E-state index contributed by atoms with van der Waals surface area (Å²) < 4.78 is 4.68. The third kappa shape index (κ3) is 2.69. The molecule has 3 heteroatoms. The third-order valence-corrected chi connectivity index (χ3v) is 2.99. The lowest BCUT2D eigenvalue weighted by molar-refractivity contribution is -0.147. The number of ether oxygens (including phenoxy) is 1. The van der Waals surface area contributed by atoms with Crippen LogP contribution in [0.4, 0.5) is 0 Å². The highest BCUT2D eigenvalue weighted by molar-refractivity contribution is 5.72. The van der Waals surface area contributed by atoms with Gasteiger partial charge >= 0.3 is 5.97 Å². The fraction of sp³-hybridized carbons (Fsp3) is 0.900. The summed E-state index contributed by atoms with van der Waals surface area (Å²) in [7, 11) is 1.43. The number of hydrogen-bond donors (Lipinski definition) is 1. The fourth-order valence-electron chi connectivity index (χ4n) is 2.00. The molecule has 0 aromatic heterocycles. The summed E-state index contributed by atoms with van der Waals surface area (Å²) >= 11 is 0. The van der Waals surface area contributed by atoms with Gasteiger partial charge in [0.1, 0.15) is 0 Å². The van der Waals surface area contributed by atoms with Gasteiger partial charge in [-0.25, -0.2) is 0 Å². The van der Waals surface area contributed by atoms with Crippen LogP contribution in [0.3, 0.4) is 0 Å². The zero-order valence-electron chi connectivity index (χ0n) is 8.32. The molecule has 1 atom stereocenters. The smallest absolute Gasteiger partial charge is 0.308 e. The van der Waals surface area contributed by atoms with E-state index in [2.05, 4.69) is 4.74 Å². The van der Waals surface area contributed by atoms with Gasteiger partial charge in [0.25, 0.3) is 0 Å². The molecule has 0 unspecified atom stereocenters. The van der Waals surface area contributed by atoms with Crippen molar-refractivity contribution < 1.29 is 14.6 Å². The summed E-state index contributed by atoms with van der Waals surface area (Å²) in [5, 5.41) is 9.34. The maximum absolute atomic E-state index is 11.2. The van der Waals surface area contributed by atoms with E-state index in [1.807, 2.05) is 6.92 Å². The molecule has 0 aliphatic heterocycles. The first-order valence-electron chi connectivity index (χ1n) is 4.91. The molecule has 0 heterocycles. The maximum Gasteiger partial charge on any atom is 0.308 e. The number of carbonyl (C=O) groups excluding carboxylic acids is 1. The topological polar surface area (TPSA) is 46.5 Å². The molecule has 0 aromatic rings. The van der Waals surface area contributed by atoms with Gasteiger partial charge in [-0.05, 0) is 38.5 Å². The molecule has 1 rings (SSSR count). The van der Waals surface area contributed by atoms with Crippen LogP contribution in [0.1, 0.15) is 32.6 Å². The van der Waals surface area contributed by atoms with Gasteiger partial charge in [0.15, 0.2) is 0 Å². The van der Waals surface area contributed by atoms with Crippen LogP contribution in [-0.2, 0) is 9.53 Å². The minimum atomic E-state index is -0.237. The molecule has 1 fully saturated rings. The summed E-state index contributed by atoms with van der Waals surface area (Å²) in [6.07, 6.45) is 3.37. The van der Waals surface area contributed by atoms with Crippen LogP contribution < -0.4 is 0 Å². The third-order valence-electron chi connectivity index (χ3n) is 2.99. The van der Waals surface area contributed by atoms with Crippen LogP contribution in [0.2, 0.25) is 0 Å². The normalized spacial score (nSPS) is 31.0. The van der Waals surface area contributed by atoms with Gasteiger partial charge in [0.05, 0.1) is 19.1 Å². The molecule has 0 amide bonds. The van der Waals surface area contributed by atoms with Crippen molar-refractivity contribution in [3.05, 3.63) is 0 Å². The van der Waals surface area contributed by atoms with Crippen molar-refractivity contribution in [2.45, 2.75) is 38.7 Å². The number of methoxy groups -OCH3 is 1. The first kappa shape index (κ1) is 10.5. The minimum absolute atomic E-state index is 0.0694. The molecule has 3 nitrogen and oxygen atoms in total. The van der Waals surface area contributed by atoms with Crippen LogP contribution >= 0.6 is 0 Å². The van der Waals surface area contributed by atoms with Crippen molar-refractivity contribution in [2.24, 2.45) is 11.8 Å². The minimum Gasteiger partial charge on any atom is -0.469 e. The highest BCUT2D eigenvalue weighted by atomic mass is 16.5. The van der Waals surface area contributed by atoms with Crippen molar-refractivity contribution in [1.29, 1.82) is 0 Å². The number of aliphatic hydroxyl groups excluding tert-OH is 1. The monoisotopic (exact) mass is 186 g/mol. The highest BCUT2D eigenvalue weighted by Gasteiger charge is 2.28. The van der Waals surface area contributed by atoms with Crippen LogP contribution in [0.25, 0.3) is 0 Å². The first-order valence-corrected chi connectivity index (χ1v) is 4.91. The van der Waals surface area contributed by atoms with E-state index in [1.54, 1.807) is 0 Å². The molecule has 76 valence electrons. The zero-order chi connectivity index (χ0) is 9.84. The molecule has 1 saturated carbocycles. The van der Waals surface area contributed by atoms with Gasteiger partial charge in [-0.1, -0.05) is 0 Å². The standard InChI is InChI=1S/C10H18O3/c1-7(11)8-3-5-9(6-4-8)10(12)13-2/h7-9,11H,3-6H2,1-2H3/t7-,8?,9?/m1/s1. The molecule has 1 N–H and O–H groups in total. The van der Waals surface area contributed by atoms with Crippen LogP contribution in [0.5, 0.6) is 0 Å². The molecular weight excluding hydrogens is 168 g/mol. The highest BCUT2D eigenvalue weighted by Crippen LogP contribution is 2.31. The van der Waals surface area contributed by atoms with Gasteiger partial charge < -0.3 is 9.84 Å². The summed E-state index contributed by atoms with van der Waals surface area (Å²) in [6, 6.07) is 0. The molecule has 1 aliphatic rings. The predicted molar refractivity (Wildman–Crippen MR) is 49.1 cm³/mol. The zero-order valence-corrected chi connectivity index (χ0v) is 8.32. The van der Waals surface area contributed by atoms with Gasteiger partial charge in [0.2, 0.25) is 0 Å². The van der Waals surface area contributed by atoms with E-state index < -0.39 is 0 Å². The Labute approximate surface area is 79.1 Å². The Morgan fingerprint density at radius 3 is 2.31 bits per heavy atom. The second kappa shape index (κ2) is 4.61. The number of rotatable bonds is 2. The van der Waals surface area contributed by atoms with E-state index in [1.165, 1.54) is 7.11 Å². The Kier molecular flexibility index (Phi) is 3.72. The molecule has 0 spiro atoms. The number of esters is 1. The van der Waals surface area contributed by atoms with Crippen molar-refractivity contribution >= 4 is 5.97 Å². The molecule has 0 aromatic carbocycles. The first-order chi connectivity index (χ1) is 6.15. The summed E-state index contributed by atoms with van der Waals surface area (Å²) in [5.41, 5.74) is 0. The number of aliphatic hydroxyl groups is 1. The SMILES string of the molecule is COC(=O)C1CCC([C@@H](C)O)CC1. The van der Waals surface area contributed by atoms with Crippen LogP contribution in [0, 0.1) is 11.8 Å². The van der Waals surface area contributed by atoms with E-state index >= 15 is 0 Å². The van der Waals surface area contributed by atoms with E-state index in [0.717, 1.165) is 25.7 Å². The second-order valence-corrected chi connectivity index (χ2v) is 3.88. The van der Waals surface area contributed by atoms with Gasteiger partial charge in [-0.15, -0.1) is 0 Å². The lowest BCUT2D eigenvalue weighted by Crippen LogP contribution is -2.27. The maximum atomic E-state index is 11.2. The average molecular weight is 186 g/mol. The number of carbonyl (C=O) groups is 1. The predicted octanol–water partition coefficient (Wildman–Crippen LogP) is 1.35. The van der Waals surface area contributed by atoms with Gasteiger partial charge in [-0.2, -0.15) is 0 Å². The second-order valence-electron chi connectivity index (χ2n) is 3.88. The Balaban J connectivity index is 2.34. The average Bonchev–Trinajstić information content (AvgIpc) is 2.17. The van der Waals surface area contributed by atoms with Crippen molar-refractivity contribution in [3.8, 4) is 0 Å². The summed E-state index contributed by atoms with van der Waals surface area (Å²) in [6.45, 7) is 1.82. The van der Waals surface area contributed by atoms with Gasteiger partial charge in [0, 0.05) is 0 Å². The van der Waals surface area contributed by atoms with E-state index in [4.69, 9.17) is 0 Å². The summed E-state index contributed by atoms with van der Waals surface area (Å²) in [4.78, 5) is 11.2. The fourth-order valence-corrected chi connectivity index (χ4v) is 2.00. The molecule has 0 bridgehead atoms. The van der Waals surface area contributed by atoms with Crippen molar-refractivity contribution in [2.75, 3.05) is 7.11 Å². The molecular formula is C10H18O3. The Morgan fingerprint density at radius 2 is 1.92 bits per heavy atom. The lowest BCUT2D eigenvalue weighted by Gasteiger charge is -2.28. The Hall–Kier alpha value is -0.570. The van der Waals surface area contributed by atoms with Crippen molar-refractivity contribution in [1.82, 2.24) is 0 Å². The molecule has 0 radical (unpaired) electrons. The molecule has 0 saturated heterocycles. The quantitative estimate of drug-likeness (QED) is 0.662. The van der Waals surface area contributed by atoms with Crippen LogP contribution in [-0.4, -0.2) is 24.3 Å². The van der Waals surface area contributed by atoms with E-state index in [0.29, 0.717) is 5.92 Å².